The van der Waals surface area contributed by atoms with E-state index in [2.05, 4.69) is 19.2 Å². The van der Waals surface area contributed by atoms with Crippen molar-refractivity contribution < 1.29 is 9.53 Å². The minimum absolute atomic E-state index is 0.00816. The van der Waals surface area contributed by atoms with Crippen LogP contribution < -0.4 is 15.8 Å². The number of carbonyl (C=O) groups is 1. The van der Waals surface area contributed by atoms with Crippen LogP contribution in [0.4, 0.5) is 10.7 Å². The molecule has 20 heavy (non-hydrogen) atoms. The highest BCUT2D eigenvalue weighted by atomic mass is 32.1. The van der Waals surface area contributed by atoms with E-state index in [0.29, 0.717) is 22.2 Å². The van der Waals surface area contributed by atoms with E-state index >= 15 is 0 Å². The Hall–Kier alpha value is -1.43. The first-order valence-electron chi connectivity index (χ1n) is 6.78. The van der Waals surface area contributed by atoms with Gasteiger partial charge < -0.3 is 20.7 Å². The second-order valence-electron chi connectivity index (χ2n) is 5.64. The largest absolute Gasteiger partial charge is 0.486 e. The molecule has 0 bridgehead atoms. The van der Waals surface area contributed by atoms with Crippen molar-refractivity contribution in [3.05, 3.63) is 4.88 Å². The van der Waals surface area contributed by atoms with Gasteiger partial charge in [-0.2, -0.15) is 0 Å². The summed E-state index contributed by atoms with van der Waals surface area (Å²) < 4.78 is 5.77. The molecule has 0 aliphatic rings. The summed E-state index contributed by atoms with van der Waals surface area (Å²) in [6, 6.07) is 0. The SMILES string of the molecule is CC(C)CNc1sc(C(=O)N(C)C)c(N)c1OC(C)C. The molecule has 5 nitrogen and oxygen atoms in total. The fraction of sp³-hybridized carbons (Fsp3) is 0.643. The Morgan fingerprint density at radius 3 is 2.40 bits per heavy atom. The summed E-state index contributed by atoms with van der Waals surface area (Å²) in [5, 5.41) is 4.14. The number of thiophene rings is 1. The summed E-state index contributed by atoms with van der Waals surface area (Å²) in [5.74, 6) is 0.993. The Morgan fingerprint density at radius 1 is 1.35 bits per heavy atom. The lowest BCUT2D eigenvalue weighted by atomic mass is 10.2. The van der Waals surface area contributed by atoms with Gasteiger partial charge in [-0.25, -0.2) is 0 Å². The molecule has 0 saturated carbocycles. The second-order valence-corrected chi connectivity index (χ2v) is 6.66. The van der Waals surface area contributed by atoms with E-state index in [0.717, 1.165) is 11.5 Å². The molecular weight excluding hydrogens is 274 g/mol. The van der Waals surface area contributed by atoms with Crippen LogP contribution in [-0.4, -0.2) is 37.6 Å². The van der Waals surface area contributed by atoms with Crippen molar-refractivity contribution in [2.24, 2.45) is 5.92 Å². The summed E-state index contributed by atoms with van der Waals surface area (Å²) >= 11 is 1.35. The molecular formula is C14H25N3O2S. The lowest BCUT2D eigenvalue weighted by Crippen LogP contribution is -2.21. The number of nitrogens with one attached hydrogen (secondary N) is 1. The molecule has 1 amide bonds. The Morgan fingerprint density at radius 2 is 1.95 bits per heavy atom. The average molecular weight is 299 g/mol. The van der Waals surface area contributed by atoms with Crippen LogP contribution in [0.5, 0.6) is 5.75 Å². The van der Waals surface area contributed by atoms with Crippen molar-refractivity contribution in [1.29, 1.82) is 0 Å². The quantitative estimate of drug-likeness (QED) is 0.847. The first kappa shape index (κ1) is 16.6. The number of hydrogen-bond donors (Lipinski definition) is 2. The molecule has 0 fully saturated rings. The van der Waals surface area contributed by atoms with Crippen LogP contribution >= 0.6 is 11.3 Å². The Kier molecular flexibility index (Phi) is 5.68. The zero-order valence-corrected chi connectivity index (χ0v) is 13.9. The number of nitrogens with zero attached hydrogens (tertiary/aromatic N) is 1. The molecule has 0 aromatic carbocycles. The number of anilines is 2. The molecule has 6 heteroatoms. The maximum atomic E-state index is 12.1. The lowest BCUT2D eigenvalue weighted by Gasteiger charge is -2.13. The number of amides is 1. The van der Waals surface area contributed by atoms with Gasteiger partial charge in [0.1, 0.15) is 15.6 Å². The highest BCUT2D eigenvalue weighted by Gasteiger charge is 2.24. The Balaban J connectivity index is 3.13. The molecule has 0 atom stereocenters. The van der Waals surface area contributed by atoms with E-state index in [4.69, 9.17) is 10.5 Å². The fourth-order valence-electron chi connectivity index (χ4n) is 1.56. The standard InChI is InChI=1S/C14H25N3O2S/c1-8(2)7-16-13-11(19-9(3)4)10(15)12(20-13)14(18)17(5)6/h8-9,16H,7,15H2,1-6H3. The number of nitrogen functional groups attached to an aromatic ring is 1. The zero-order chi connectivity index (χ0) is 15.4. The normalized spacial score (nSPS) is 11.0. The van der Waals surface area contributed by atoms with Gasteiger partial charge in [0.25, 0.3) is 5.91 Å². The Bertz CT molecular complexity index is 467. The van der Waals surface area contributed by atoms with Crippen molar-refractivity contribution in [2.45, 2.75) is 33.8 Å². The van der Waals surface area contributed by atoms with Gasteiger partial charge in [-0.3, -0.25) is 4.79 Å². The van der Waals surface area contributed by atoms with Gasteiger partial charge in [0, 0.05) is 20.6 Å². The lowest BCUT2D eigenvalue weighted by molar-refractivity contribution is 0.0833. The molecule has 1 aromatic heterocycles. The van der Waals surface area contributed by atoms with Gasteiger partial charge in [-0.15, -0.1) is 11.3 Å². The van der Waals surface area contributed by atoms with Crippen molar-refractivity contribution in [3.63, 3.8) is 0 Å². The molecule has 3 N–H and O–H groups in total. The van der Waals surface area contributed by atoms with Gasteiger partial charge in [-0.05, 0) is 19.8 Å². The molecule has 114 valence electrons. The van der Waals surface area contributed by atoms with Crippen LogP contribution in [0.3, 0.4) is 0 Å². The minimum Gasteiger partial charge on any atom is -0.486 e. The van der Waals surface area contributed by atoms with E-state index in [1.54, 1.807) is 14.1 Å². The van der Waals surface area contributed by atoms with Crippen LogP contribution in [0.25, 0.3) is 0 Å². The summed E-state index contributed by atoms with van der Waals surface area (Å²) in [4.78, 5) is 14.2. The Labute approximate surface area is 125 Å². The molecule has 1 rings (SSSR count). The maximum absolute atomic E-state index is 12.1. The van der Waals surface area contributed by atoms with Gasteiger partial charge >= 0.3 is 0 Å². The number of hydrogen-bond acceptors (Lipinski definition) is 5. The van der Waals surface area contributed by atoms with E-state index in [-0.39, 0.29) is 12.0 Å². The molecule has 0 radical (unpaired) electrons. The van der Waals surface area contributed by atoms with Crippen molar-refractivity contribution >= 4 is 27.9 Å². The molecule has 0 aliphatic heterocycles. The molecule has 0 saturated heterocycles. The van der Waals surface area contributed by atoms with Crippen LogP contribution in [0.15, 0.2) is 0 Å². The smallest absolute Gasteiger partial charge is 0.265 e. The highest BCUT2D eigenvalue weighted by molar-refractivity contribution is 7.19. The van der Waals surface area contributed by atoms with Crippen LogP contribution in [-0.2, 0) is 0 Å². The topological polar surface area (TPSA) is 67.6 Å². The van der Waals surface area contributed by atoms with Crippen molar-refractivity contribution in [3.8, 4) is 5.75 Å². The summed E-state index contributed by atoms with van der Waals surface area (Å²) in [6.45, 7) is 8.94. The highest BCUT2D eigenvalue weighted by Crippen LogP contribution is 2.43. The molecule has 0 aliphatic carbocycles. The number of ether oxygens (including phenoxy) is 1. The predicted molar refractivity (Wildman–Crippen MR) is 85.8 cm³/mol. The molecule has 1 heterocycles. The summed E-state index contributed by atoms with van der Waals surface area (Å²) in [6.07, 6.45) is 0.00816. The first-order chi connectivity index (χ1) is 9.23. The van der Waals surface area contributed by atoms with Crippen LogP contribution in [0.2, 0.25) is 0 Å². The zero-order valence-electron chi connectivity index (χ0n) is 13.1. The molecule has 0 spiro atoms. The van der Waals surface area contributed by atoms with Gasteiger partial charge in [0.2, 0.25) is 0 Å². The van der Waals surface area contributed by atoms with Crippen LogP contribution in [0.1, 0.15) is 37.4 Å². The number of carbonyl (C=O) groups excluding carboxylic acids is 1. The van der Waals surface area contributed by atoms with E-state index < -0.39 is 0 Å². The second kappa shape index (κ2) is 6.83. The average Bonchev–Trinajstić information content (AvgIpc) is 2.63. The minimum atomic E-state index is -0.0984. The maximum Gasteiger partial charge on any atom is 0.265 e. The predicted octanol–water partition coefficient (Wildman–Crippen LogP) is 2.89. The van der Waals surface area contributed by atoms with Crippen molar-refractivity contribution in [1.82, 2.24) is 4.90 Å². The first-order valence-corrected chi connectivity index (χ1v) is 7.60. The van der Waals surface area contributed by atoms with E-state index in [9.17, 15) is 4.79 Å². The monoisotopic (exact) mass is 299 g/mol. The van der Waals surface area contributed by atoms with Gasteiger partial charge in [0.15, 0.2) is 5.75 Å². The summed E-state index contributed by atoms with van der Waals surface area (Å²) in [5.41, 5.74) is 6.52. The van der Waals surface area contributed by atoms with E-state index in [1.165, 1.54) is 16.2 Å². The third-order valence-electron chi connectivity index (χ3n) is 2.52. The fourth-order valence-corrected chi connectivity index (χ4v) is 2.64. The molecule has 1 aromatic rings. The molecule has 0 unspecified atom stereocenters. The number of rotatable bonds is 6. The summed E-state index contributed by atoms with van der Waals surface area (Å²) in [7, 11) is 3.43. The van der Waals surface area contributed by atoms with Crippen LogP contribution in [0, 0.1) is 5.92 Å². The third-order valence-corrected chi connectivity index (χ3v) is 3.66. The van der Waals surface area contributed by atoms with E-state index in [1.807, 2.05) is 13.8 Å². The van der Waals surface area contributed by atoms with Crippen molar-refractivity contribution in [2.75, 3.05) is 31.7 Å². The van der Waals surface area contributed by atoms with Gasteiger partial charge in [-0.1, -0.05) is 13.8 Å². The third kappa shape index (κ3) is 4.03. The van der Waals surface area contributed by atoms with Gasteiger partial charge in [0.05, 0.1) is 6.10 Å². The number of nitrogens with two attached hydrogens (primary N) is 1.